The van der Waals surface area contributed by atoms with Crippen LogP contribution in [0.5, 0.6) is 0 Å². The Bertz CT molecular complexity index is 719. The fourth-order valence-electron chi connectivity index (χ4n) is 1.55. The molecule has 0 saturated heterocycles. The van der Waals surface area contributed by atoms with Gasteiger partial charge in [-0.2, -0.15) is 0 Å². The number of nitrogens with zero attached hydrogens (tertiary/aromatic N) is 4. The predicted molar refractivity (Wildman–Crippen MR) is 77.5 cm³/mol. The number of benzene rings is 2. The van der Waals surface area contributed by atoms with Crippen LogP contribution in [-0.4, -0.2) is 9.85 Å². The van der Waals surface area contributed by atoms with Crippen molar-refractivity contribution in [2.75, 3.05) is 5.43 Å². The maximum absolute atomic E-state index is 10.9. The van der Waals surface area contributed by atoms with Gasteiger partial charge in [0.1, 0.15) is 5.69 Å². The van der Waals surface area contributed by atoms with E-state index in [2.05, 4.69) is 21.3 Å². The van der Waals surface area contributed by atoms with Gasteiger partial charge in [-0.3, -0.25) is 25.7 Å². The summed E-state index contributed by atoms with van der Waals surface area (Å²) in [6.07, 6.45) is 0. The summed E-state index contributed by atoms with van der Waals surface area (Å²) < 4.78 is 0. The van der Waals surface area contributed by atoms with Crippen molar-refractivity contribution in [1.82, 2.24) is 5.53 Å². The molecule has 0 unspecified atom stereocenters. The molecule has 0 saturated carbocycles. The van der Waals surface area contributed by atoms with E-state index in [0.717, 1.165) is 12.1 Å². The van der Waals surface area contributed by atoms with Crippen molar-refractivity contribution in [3.05, 3.63) is 68.8 Å². The second-order valence-electron chi connectivity index (χ2n) is 3.99. The van der Waals surface area contributed by atoms with Gasteiger partial charge in [-0.05, 0) is 18.2 Å². The SMILES string of the molecule is O=[N+]([O-])c1ccc(NNN=Nc2ccccc2)c([N+](=O)[O-])c1. The molecular weight excluding hydrogens is 292 g/mol. The summed E-state index contributed by atoms with van der Waals surface area (Å²) in [6, 6.07) is 12.0. The van der Waals surface area contributed by atoms with Crippen LogP contribution >= 0.6 is 0 Å². The number of hydrogen-bond donors (Lipinski definition) is 2. The lowest BCUT2D eigenvalue weighted by Crippen LogP contribution is -2.15. The molecule has 0 atom stereocenters. The number of nitro groups is 2. The number of nitrogens with one attached hydrogen (secondary N) is 2. The lowest BCUT2D eigenvalue weighted by atomic mass is 10.2. The van der Waals surface area contributed by atoms with Crippen molar-refractivity contribution in [2.45, 2.75) is 0 Å². The number of rotatable bonds is 6. The summed E-state index contributed by atoms with van der Waals surface area (Å²) in [7, 11) is 0. The van der Waals surface area contributed by atoms with Crippen molar-refractivity contribution in [3.8, 4) is 0 Å². The average molecular weight is 302 g/mol. The number of hydrazine groups is 1. The average Bonchev–Trinajstić information content (AvgIpc) is 2.52. The zero-order chi connectivity index (χ0) is 15.9. The molecule has 2 N–H and O–H groups in total. The zero-order valence-corrected chi connectivity index (χ0v) is 11.0. The molecule has 0 aliphatic heterocycles. The van der Waals surface area contributed by atoms with Crippen LogP contribution in [0.4, 0.5) is 22.7 Å². The third-order valence-electron chi connectivity index (χ3n) is 2.55. The molecule has 0 aromatic heterocycles. The number of hydrogen-bond acceptors (Lipinski definition) is 7. The largest absolute Gasteiger partial charge is 0.301 e. The van der Waals surface area contributed by atoms with Gasteiger partial charge in [-0.1, -0.05) is 23.4 Å². The first-order chi connectivity index (χ1) is 10.6. The summed E-state index contributed by atoms with van der Waals surface area (Å²) >= 11 is 0. The first kappa shape index (κ1) is 14.8. The number of non-ortho nitro benzene ring substituents is 1. The van der Waals surface area contributed by atoms with Crippen molar-refractivity contribution in [2.24, 2.45) is 10.3 Å². The molecule has 2 rings (SSSR count). The fourth-order valence-corrected chi connectivity index (χ4v) is 1.55. The van der Waals surface area contributed by atoms with Crippen molar-refractivity contribution >= 4 is 22.7 Å². The topological polar surface area (TPSA) is 135 Å². The normalized spacial score (nSPS) is 10.4. The standard InChI is InChI=1S/C12H10N6O4/c19-17(20)10-6-7-11(12(8-10)18(21)22)14-16-15-13-9-4-2-1-3-5-9/h1-8H,(H,13,16)(H,14,15). The fraction of sp³-hybridized carbons (Fsp3) is 0. The second-order valence-corrected chi connectivity index (χ2v) is 3.99. The quantitative estimate of drug-likeness (QED) is 0.478. The van der Waals surface area contributed by atoms with E-state index in [1.807, 2.05) is 6.07 Å². The monoisotopic (exact) mass is 302 g/mol. The lowest BCUT2D eigenvalue weighted by Gasteiger charge is -2.04. The van der Waals surface area contributed by atoms with Crippen LogP contribution in [0, 0.1) is 20.2 Å². The van der Waals surface area contributed by atoms with E-state index in [-0.39, 0.29) is 11.4 Å². The van der Waals surface area contributed by atoms with Gasteiger partial charge in [0.25, 0.3) is 5.69 Å². The Morgan fingerprint density at radius 3 is 2.32 bits per heavy atom. The molecule has 0 aliphatic carbocycles. The molecule has 2 aromatic carbocycles. The summed E-state index contributed by atoms with van der Waals surface area (Å²) in [4.78, 5) is 20.1. The molecule has 0 aliphatic rings. The van der Waals surface area contributed by atoms with Crippen LogP contribution in [0.2, 0.25) is 0 Å². The highest BCUT2D eigenvalue weighted by Crippen LogP contribution is 2.28. The van der Waals surface area contributed by atoms with Crippen LogP contribution in [0.25, 0.3) is 0 Å². The molecule has 0 amide bonds. The third-order valence-corrected chi connectivity index (χ3v) is 2.55. The summed E-state index contributed by atoms with van der Waals surface area (Å²) in [5, 5.41) is 28.9. The highest BCUT2D eigenvalue weighted by molar-refractivity contribution is 5.64. The Morgan fingerprint density at radius 2 is 1.68 bits per heavy atom. The van der Waals surface area contributed by atoms with Gasteiger partial charge < -0.3 is 0 Å². The van der Waals surface area contributed by atoms with Gasteiger partial charge in [0, 0.05) is 6.07 Å². The Morgan fingerprint density at radius 1 is 0.955 bits per heavy atom. The molecule has 0 fully saturated rings. The van der Waals surface area contributed by atoms with Gasteiger partial charge in [-0.15, -0.1) is 5.11 Å². The van der Waals surface area contributed by atoms with Crippen LogP contribution in [0.15, 0.2) is 58.9 Å². The van der Waals surface area contributed by atoms with Crippen molar-refractivity contribution < 1.29 is 9.85 Å². The lowest BCUT2D eigenvalue weighted by molar-refractivity contribution is -0.393. The van der Waals surface area contributed by atoms with Gasteiger partial charge in [-0.25, -0.2) is 5.53 Å². The van der Waals surface area contributed by atoms with Gasteiger partial charge in [0.15, 0.2) is 0 Å². The van der Waals surface area contributed by atoms with E-state index in [1.54, 1.807) is 24.3 Å². The maximum atomic E-state index is 10.9. The van der Waals surface area contributed by atoms with E-state index in [0.29, 0.717) is 5.69 Å². The van der Waals surface area contributed by atoms with E-state index in [9.17, 15) is 20.2 Å². The summed E-state index contributed by atoms with van der Waals surface area (Å²) in [5.41, 5.74) is 4.59. The van der Waals surface area contributed by atoms with Crippen LogP contribution < -0.4 is 11.0 Å². The first-order valence-electron chi connectivity index (χ1n) is 5.97. The molecule has 22 heavy (non-hydrogen) atoms. The molecule has 112 valence electrons. The minimum absolute atomic E-state index is 0.0302. The smallest absolute Gasteiger partial charge is 0.277 e. The minimum Gasteiger partial charge on any atom is -0.277 e. The molecule has 0 heterocycles. The van der Waals surface area contributed by atoms with E-state index in [4.69, 9.17) is 0 Å². The first-order valence-corrected chi connectivity index (χ1v) is 5.97. The molecule has 2 aromatic rings. The van der Waals surface area contributed by atoms with Gasteiger partial charge >= 0.3 is 5.69 Å². The van der Waals surface area contributed by atoms with E-state index in [1.165, 1.54) is 6.07 Å². The highest BCUT2D eigenvalue weighted by Gasteiger charge is 2.19. The predicted octanol–water partition coefficient (Wildman–Crippen LogP) is 3.12. The Balaban J connectivity index is 2.08. The number of nitro benzene ring substituents is 2. The Hall–Kier alpha value is -3.56. The molecule has 0 bridgehead atoms. The Labute approximate surface area is 123 Å². The molecule has 10 nitrogen and oxygen atoms in total. The number of anilines is 1. The van der Waals surface area contributed by atoms with E-state index < -0.39 is 15.5 Å². The summed E-state index contributed by atoms with van der Waals surface area (Å²) in [5.74, 6) is 0. The van der Waals surface area contributed by atoms with Crippen LogP contribution in [0.3, 0.4) is 0 Å². The molecule has 0 radical (unpaired) electrons. The third kappa shape index (κ3) is 3.72. The Kier molecular flexibility index (Phi) is 4.55. The van der Waals surface area contributed by atoms with Crippen LogP contribution in [0.1, 0.15) is 0 Å². The van der Waals surface area contributed by atoms with E-state index >= 15 is 0 Å². The minimum atomic E-state index is -0.731. The molecule has 10 heteroatoms. The van der Waals surface area contributed by atoms with Crippen molar-refractivity contribution in [3.63, 3.8) is 0 Å². The van der Waals surface area contributed by atoms with Crippen molar-refractivity contribution in [1.29, 1.82) is 0 Å². The van der Waals surface area contributed by atoms with Gasteiger partial charge in [0.05, 0.1) is 21.6 Å². The molecule has 0 spiro atoms. The second kappa shape index (κ2) is 6.74. The highest BCUT2D eigenvalue weighted by atomic mass is 16.6. The molecular formula is C12H10N6O4. The van der Waals surface area contributed by atoms with Gasteiger partial charge in [0.2, 0.25) is 0 Å². The van der Waals surface area contributed by atoms with Crippen LogP contribution in [-0.2, 0) is 0 Å². The summed E-state index contributed by atoms with van der Waals surface area (Å²) in [6.45, 7) is 0. The zero-order valence-electron chi connectivity index (χ0n) is 11.0. The maximum Gasteiger partial charge on any atom is 0.301 e.